The van der Waals surface area contributed by atoms with Crippen LogP contribution in [0, 0.1) is 5.92 Å². The summed E-state index contributed by atoms with van der Waals surface area (Å²) < 4.78 is 6.86. The van der Waals surface area contributed by atoms with Gasteiger partial charge in [-0.15, -0.1) is 5.10 Å². The Morgan fingerprint density at radius 3 is 3.04 bits per heavy atom. The molecule has 2 aromatic rings. The molecular formula is C16H21N7O2. The second-order valence-electron chi connectivity index (χ2n) is 6.51. The molecule has 2 N–H and O–H groups in total. The molecule has 9 heteroatoms. The molecular weight excluding hydrogens is 322 g/mol. The van der Waals surface area contributed by atoms with Gasteiger partial charge >= 0.3 is 6.03 Å². The van der Waals surface area contributed by atoms with E-state index in [2.05, 4.69) is 26.2 Å². The van der Waals surface area contributed by atoms with E-state index >= 15 is 0 Å². The number of nitrogens with zero attached hydrogens (tertiary/aromatic N) is 5. The van der Waals surface area contributed by atoms with Crippen molar-refractivity contribution in [3.63, 3.8) is 0 Å². The molecule has 1 aromatic carbocycles. The van der Waals surface area contributed by atoms with Crippen molar-refractivity contribution in [3.8, 4) is 11.4 Å². The Labute approximate surface area is 145 Å². The first-order valence-electron chi connectivity index (χ1n) is 8.43. The molecule has 3 saturated heterocycles. The molecule has 25 heavy (non-hydrogen) atoms. The molecule has 0 unspecified atom stereocenters. The smallest absolute Gasteiger partial charge is 0.322 e. The summed E-state index contributed by atoms with van der Waals surface area (Å²) in [5.41, 5.74) is 1.38. The van der Waals surface area contributed by atoms with Crippen LogP contribution in [0.2, 0.25) is 0 Å². The SMILES string of the molecule is COc1cc(NC(=O)N2C[C@H]3CC[C@@H]2CNC3)cc(-n2cnnn2)c1. The second-order valence-corrected chi connectivity index (χ2v) is 6.51. The average Bonchev–Trinajstić information content (AvgIpc) is 2.98. The number of benzene rings is 1. The molecule has 0 saturated carbocycles. The number of tetrazole rings is 1. The maximum atomic E-state index is 12.8. The van der Waals surface area contributed by atoms with Crippen molar-refractivity contribution in [2.45, 2.75) is 18.9 Å². The Balaban J connectivity index is 1.55. The Hall–Kier alpha value is -2.68. The highest BCUT2D eigenvalue weighted by molar-refractivity contribution is 5.90. The van der Waals surface area contributed by atoms with Crippen LogP contribution in [0.1, 0.15) is 12.8 Å². The third kappa shape index (κ3) is 3.27. The number of aromatic nitrogens is 4. The summed E-state index contributed by atoms with van der Waals surface area (Å²) >= 11 is 0. The van der Waals surface area contributed by atoms with Gasteiger partial charge in [0.05, 0.1) is 12.8 Å². The van der Waals surface area contributed by atoms with Gasteiger partial charge in [-0.1, -0.05) is 0 Å². The summed E-state index contributed by atoms with van der Waals surface area (Å²) in [6.07, 6.45) is 3.74. The quantitative estimate of drug-likeness (QED) is 0.859. The fourth-order valence-electron chi connectivity index (χ4n) is 3.56. The van der Waals surface area contributed by atoms with Gasteiger partial charge in [-0.2, -0.15) is 0 Å². The predicted molar refractivity (Wildman–Crippen MR) is 90.8 cm³/mol. The number of hydrogen-bond acceptors (Lipinski definition) is 6. The molecule has 4 heterocycles. The number of fused-ring (bicyclic) bond motifs is 4. The summed E-state index contributed by atoms with van der Waals surface area (Å²) in [5.74, 6) is 1.16. The standard InChI is InChI=1S/C16H21N7O2/c1-25-15-5-12(4-14(6-15)23-10-18-20-21-23)19-16(24)22-9-11-2-3-13(22)8-17-7-11/h4-6,10-11,13,17H,2-3,7-9H2,1H3,(H,19,24)/t11-,13+/m0/s1. The summed E-state index contributed by atoms with van der Waals surface area (Å²) in [7, 11) is 1.59. The molecule has 0 spiro atoms. The largest absolute Gasteiger partial charge is 0.497 e. The van der Waals surface area contributed by atoms with Crippen molar-refractivity contribution in [3.05, 3.63) is 24.5 Å². The number of ether oxygens (including phenoxy) is 1. The molecule has 2 atom stereocenters. The first-order chi connectivity index (χ1) is 12.2. The average molecular weight is 343 g/mol. The van der Waals surface area contributed by atoms with E-state index in [0.29, 0.717) is 17.4 Å². The van der Waals surface area contributed by atoms with Crippen LogP contribution in [-0.2, 0) is 0 Å². The molecule has 2 amide bonds. The van der Waals surface area contributed by atoms with Crippen molar-refractivity contribution >= 4 is 11.7 Å². The maximum absolute atomic E-state index is 12.8. The number of nitrogens with one attached hydrogen (secondary N) is 2. The molecule has 0 radical (unpaired) electrons. The van der Waals surface area contributed by atoms with Gasteiger partial charge in [-0.05, 0) is 41.8 Å². The molecule has 3 aliphatic heterocycles. The second kappa shape index (κ2) is 6.67. The summed E-state index contributed by atoms with van der Waals surface area (Å²) in [6, 6.07) is 5.60. The number of methoxy groups -OCH3 is 1. The molecule has 5 rings (SSSR count). The van der Waals surface area contributed by atoms with Crippen LogP contribution >= 0.6 is 0 Å². The van der Waals surface area contributed by atoms with Crippen molar-refractivity contribution < 1.29 is 9.53 Å². The molecule has 9 nitrogen and oxygen atoms in total. The monoisotopic (exact) mass is 343 g/mol. The Morgan fingerprint density at radius 2 is 2.24 bits per heavy atom. The molecule has 3 aliphatic rings. The minimum Gasteiger partial charge on any atom is -0.497 e. The Bertz CT molecular complexity index is 745. The van der Waals surface area contributed by atoms with E-state index in [-0.39, 0.29) is 12.1 Å². The number of carbonyl (C=O) groups is 1. The van der Waals surface area contributed by atoms with Gasteiger partial charge in [0.15, 0.2) is 0 Å². The lowest BCUT2D eigenvalue weighted by Crippen LogP contribution is -2.49. The fourth-order valence-corrected chi connectivity index (χ4v) is 3.56. The minimum absolute atomic E-state index is 0.0747. The number of carbonyl (C=O) groups excluding carboxylic acids is 1. The highest BCUT2D eigenvalue weighted by atomic mass is 16.5. The number of rotatable bonds is 3. The number of hydrogen-bond donors (Lipinski definition) is 2. The van der Waals surface area contributed by atoms with Crippen LogP contribution < -0.4 is 15.4 Å². The predicted octanol–water partition coefficient (Wildman–Crippen LogP) is 0.887. The topological polar surface area (TPSA) is 97.2 Å². The number of urea groups is 1. The van der Waals surface area contributed by atoms with Crippen LogP contribution in [0.3, 0.4) is 0 Å². The highest BCUT2D eigenvalue weighted by Crippen LogP contribution is 2.27. The minimum atomic E-state index is -0.0747. The number of amides is 2. The van der Waals surface area contributed by atoms with Crippen LogP contribution in [0.25, 0.3) is 5.69 Å². The van der Waals surface area contributed by atoms with Crippen LogP contribution in [0.5, 0.6) is 5.75 Å². The normalized spacial score (nSPS) is 22.5. The van der Waals surface area contributed by atoms with Crippen molar-refractivity contribution in [2.75, 3.05) is 32.1 Å². The molecule has 1 aromatic heterocycles. The zero-order valence-corrected chi connectivity index (χ0v) is 14.1. The third-order valence-corrected chi connectivity index (χ3v) is 4.87. The van der Waals surface area contributed by atoms with E-state index in [1.807, 2.05) is 17.0 Å². The summed E-state index contributed by atoms with van der Waals surface area (Å²) in [4.78, 5) is 14.8. The first kappa shape index (κ1) is 15.8. The van der Waals surface area contributed by atoms with Gasteiger partial charge in [0.25, 0.3) is 0 Å². The van der Waals surface area contributed by atoms with Gasteiger partial charge in [-0.3, -0.25) is 0 Å². The van der Waals surface area contributed by atoms with Crippen LogP contribution in [-0.4, -0.2) is 63.9 Å². The number of anilines is 1. The molecule has 132 valence electrons. The van der Waals surface area contributed by atoms with E-state index in [0.717, 1.165) is 31.7 Å². The molecule has 3 fully saturated rings. The van der Waals surface area contributed by atoms with Crippen LogP contribution in [0.15, 0.2) is 24.5 Å². The van der Waals surface area contributed by atoms with Gasteiger partial charge in [0.1, 0.15) is 12.1 Å². The highest BCUT2D eigenvalue weighted by Gasteiger charge is 2.34. The summed E-state index contributed by atoms with van der Waals surface area (Å²) in [6.45, 7) is 2.65. The molecule has 2 bridgehead atoms. The lowest BCUT2D eigenvalue weighted by Gasteiger charge is -2.36. The maximum Gasteiger partial charge on any atom is 0.322 e. The number of piperidine rings is 1. The van der Waals surface area contributed by atoms with Gasteiger partial charge in [0.2, 0.25) is 0 Å². The zero-order valence-electron chi connectivity index (χ0n) is 14.1. The van der Waals surface area contributed by atoms with Gasteiger partial charge in [-0.25, -0.2) is 9.48 Å². The van der Waals surface area contributed by atoms with Crippen molar-refractivity contribution in [2.24, 2.45) is 5.92 Å². The Kier molecular flexibility index (Phi) is 4.22. The Morgan fingerprint density at radius 1 is 1.32 bits per heavy atom. The van der Waals surface area contributed by atoms with Gasteiger partial charge in [0, 0.05) is 37.0 Å². The van der Waals surface area contributed by atoms with E-state index in [1.54, 1.807) is 13.2 Å². The first-order valence-corrected chi connectivity index (χ1v) is 8.43. The fraction of sp³-hybridized carbons (Fsp3) is 0.500. The van der Waals surface area contributed by atoms with Crippen molar-refractivity contribution in [1.29, 1.82) is 0 Å². The van der Waals surface area contributed by atoms with E-state index in [9.17, 15) is 4.79 Å². The lowest BCUT2D eigenvalue weighted by atomic mass is 9.95. The van der Waals surface area contributed by atoms with E-state index in [1.165, 1.54) is 17.4 Å². The third-order valence-electron chi connectivity index (χ3n) is 4.87. The van der Waals surface area contributed by atoms with E-state index in [4.69, 9.17) is 4.74 Å². The zero-order chi connectivity index (χ0) is 17.2. The van der Waals surface area contributed by atoms with E-state index < -0.39 is 0 Å². The van der Waals surface area contributed by atoms with Crippen LogP contribution in [0.4, 0.5) is 10.5 Å². The van der Waals surface area contributed by atoms with Crippen molar-refractivity contribution in [1.82, 2.24) is 30.4 Å². The van der Waals surface area contributed by atoms with Gasteiger partial charge < -0.3 is 20.3 Å². The molecule has 0 aliphatic carbocycles. The summed E-state index contributed by atoms with van der Waals surface area (Å²) in [5, 5.41) is 17.6. The lowest BCUT2D eigenvalue weighted by molar-refractivity contribution is 0.153.